The average Bonchev–Trinajstić information content (AvgIpc) is 2.99. The zero-order valence-corrected chi connectivity index (χ0v) is 10.0. The number of hydrogen-bond acceptors (Lipinski definition) is 3. The molecule has 4 nitrogen and oxygen atoms in total. The number of nitrogens with one attached hydrogen (secondary N) is 2. The minimum atomic E-state index is -0.0734. The van der Waals surface area contributed by atoms with Crippen LogP contribution in [0, 0.1) is 0 Å². The molecule has 0 aliphatic rings. The summed E-state index contributed by atoms with van der Waals surface area (Å²) >= 11 is 1.61. The van der Waals surface area contributed by atoms with Crippen LogP contribution in [0.1, 0.15) is 11.3 Å². The van der Waals surface area contributed by atoms with E-state index in [-0.39, 0.29) is 5.91 Å². The molecule has 0 bridgehead atoms. The molecule has 0 aliphatic heterocycles. The van der Waals surface area contributed by atoms with Gasteiger partial charge < -0.3 is 10.3 Å². The number of carbonyl (C=O) groups excluding carboxylic acids is 1. The molecule has 0 saturated heterocycles. The van der Waals surface area contributed by atoms with Crippen LogP contribution in [0.2, 0.25) is 0 Å². The number of carbonyl (C=O) groups is 1. The molecular weight excluding hydrogens is 234 g/mol. The Morgan fingerprint density at radius 3 is 3.24 bits per heavy atom. The van der Waals surface area contributed by atoms with Crippen LogP contribution in [-0.2, 0) is 11.2 Å². The molecule has 0 aliphatic carbocycles. The lowest BCUT2D eigenvalue weighted by Gasteiger charge is -1.99. The lowest BCUT2D eigenvalue weighted by atomic mass is 10.3. The molecule has 2 aromatic rings. The van der Waals surface area contributed by atoms with E-state index in [2.05, 4.69) is 15.3 Å². The molecule has 0 saturated carbocycles. The number of imidazole rings is 1. The summed E-state index contributed by atoms with van der Waals surface area (Å²) in [5.41, 5.74) is 2.07. The number of H-pyrrole nitrogens is 1. The van der Waals surface area contributed by atoms with Gasteiger partial charge in [-0.2, -0.15) is 11.3 Å². The highest BCUT2D eigenvalue weighted by atomic mass is 32.1. The molecule has 17 heavy (non-hydrogen) atoms. The molecule has 2 N–H and O–H groups in total. The molecule has 2 aromatic heterocycles. The van der Waals surface area contributed by atoms with Crippen LogP contribution in [0.15, 0.2) is 35.4 Å². The van der Waals surface area contributed by atoms with Gasteiger partial charge in [0.05, 0.1) is 6.33 Å². The van der Waals surface area contributed by atoms with Crippen molar-refractivity contribution in [3.8, 4) is 0 Å². The van der Waals surface area contributed by atoms with E-state index >= 15 is 0 Å². The van der Waals surface area contributed by atoms with Gasteiger partial charge in [0.15, 0.2) is 0 Å². The summed E-state index contributed by atoms with van der Waals surface area (Å²) in [6, 6.07) is 1.97. The predicted molar refractivity (Wildman–Crippen MR) is 68.7 cm³/mol. The summed E-state index contributed by atoms with van der Waals surface area (Å²) in [6.45, 7) is 0.606. The fourth-order valence-corrected chi connectivity index (χ4v) is 1.97. The second-order valence-corrected chi connectivity index (χ2v) is 4.29. The van der Waals surface area contributed by atoms with Gasteiger partial charge in [-0.3, -0.25) is 4.79 Å². The zero-order chi connectivity index (χ0) is 11.9. The van der Waals surface area contributed by atoms with Crippen molar-refractivity contribution in [2.24, 2.45) is 0 Å². The lowest BCUT2D eigenvalue weighted by Crippen LogP contribution is -2.23. The van der Waals surface area contributed by atoms with Crippen LogP contribution in [0.4, 0.5) is 0 Å². The van der Waals surface area contributed by atoms with Crippen molar-refractivity contribution in [3.05, 3.63) is 46.7 Å². The monoisotopic (exact) mass is 247 g/mol. The van der Waals surface area contributed by atoms with Gasteiger partial charge in [0.1, 0.15) is 0 Å². The van der Waals surface area contributed by atoms with Gasteiger partial charge >= 0.3 is 0 Å². The molecule has 0 atom stereocenters. The summed E-state index contributed by atoms with van der Waals surface area (Å²) in [5, 5.41) is 6.79. The van der Waals surface area contributed by atoms with Crippen LogP contribution in [0.5, 0.6) is 0 Å². The lowest BCUT2D eigenvalue weighted by molar-refractivity contribution is -0.116. The quantitative estimate of drug-likeness (QED) is 0.792. The van der Waals surface area contributed by atoms with Gasteiger partial charge in [0, 0.05) is 30.9 Å². The highest BCUT2D eigenvalue weighted by Crippen LogP contribution is 2.07. The van der Waals surface area contributed by atoms with Crippen LogP contribution in [0.25, 0.3) is 6.08 Å². The normalized spacial score (nSPS) is 10.8. The molecular formula is C12H13N3OS. The van der Waals surface area contributed by atoms with Crippen LogP contribution >= 0.6 is 11.3 Å². The van der Waals surface area contributed by atoms with Gasteiger partial charge in [-0.15, -0.1) is 0 Å². The van der Waals surface area contributed by atoms with E-state index in [1.54, 1.807) is 29.9 Å². The highest BCUT2D eigenvalue weighted by molar-refractivity contribution is 7.08. The molecule has 2 rings (SSSR count). The summed E-state index contributed by atoms with van der Waals surface area (Å²) in [4.78, 5) is 18.3. The fourth-order valence-electron chi connectivity index (χ4n) is 1.34. The maximum Gasteiger partial charge on any atom is 0.244 e. The zero-order valence-electron chi connectivity index (χ0n) is 9.22. The summed E-state index contributed by atoms with van der Waals surface area (Å²) in [6.07, 6.45) is 7.51. The van der Waals surface area contributed by atoms with Crippen molar-refractivity contribution in [3.63, 3.8) is 0 Å². The molecule has 5 heteroatoms. The van der Waals surface area contributed by atoms with E-state index in [1.165, 1.54) is 0 Å². The Hall–Kier alpha value is -1.88. The SMILES string of the molecule is O=C(C=Cc1ccsc1)NCCc1cnc[nH]1. The highest BCUT2D eigenvalue weighted by Gasteiger charge is 1.97. The topological polar surface area (TPSA) is 57.8 Å². The van der Waals surface area contributed by atoms with Crippen molar-refractivity contribution < 1.29 is 4.79 Å². The van der Waals surface area contributed by atoms with E-state index in [9.17, 15) is 4.79 Å². The van der Waals surface area contributed by atoms with Gasteiger partial charge in [0.2, 0.25) is 5.91 Å². The number of rotatable bonds is 5. The van der Waals surface area contributed by atoms with Crippen molar-refractivity contribution in [1.82, 2.24) is 15.3 Å². The second kappa shape index (κ2) is 6.00. The summed E-state index contributed by atoms with van der Waals surface area (Å²) < 4.78 is 0. The van der Waals surface area contributed by atoms with E-state index in [1.807, 2.05) is 22.9 Å². The van der Waals surface area contributed by atoms with Crippen molar-refractivity contribution in [2.45, 2.75) is 6.42 Å². The van der Waals surface area contributed by atoms with Crippen LogP contribution in [0.3, 0.4) is 0 Å². The Morgan fingerprint density at radius 2 is 2.53 bits per heavy atom. The van der Waals surface area contributed by atoms with Crippen molar-refractivity contribution in [2.75, 3.05) is 6.54 Å². The molecule has 0 unspecified atom stereocenters. The fraction of sp³-hybridized carbons (Fsp3) is 0.167. The number of nitrogens with zero attached hydrogens (tertiary/aromatic N) is 1. The molecule has 0 fully saturated rings. The van der Waals surface area contributed by atoms with Crippen LogP contribution in [-0.4, -0.2) is 22.4 Å². The first-order chi connectivity index (χ1) is 8.34. The van der Waals surface area contributed by atoms with E-state index < -0.39 is 0 Å². The maximum absolute atomic E-state index is 11.4. The molecule has 1 amide bonds. The van der Waals surface area contributed by atoms with Crippen molar-refractivity contribution >= 4 is 23.3 Å². The summed E-state index contributed by atoms with van der Waals surface area (Å²) in [5.74, 6) is -0.0734. The first-order valence-corrected chi connectivity index (χ1v) is 6.24. The Labute approximate surface area is 103 Å². The van der Waals surface area contributed by atoms with Gasteiger partial charge in [-0.25, -0.2) is 4.98 Å². The first kappa shape index (κ1) is 11.6. The number of thiophene rings is 1. The van der Waals surface area contributed by atoms with Crippen LogP contribution < -0.4 is 5.32 Å². The Kier molecular flexibility index (Phi) is 4.10. The third-order valence-corrected chi connectivity index (χ3v) is 2.92. The number of aromatic nitrogens is 2. The number of hydrogen-bond donors (Lipinski definition) is 2. The Balaban J connectivity index is 1.71. The molecule has 0 radical (unpaired) electrons. The maximum atomic E-state index is 11.4. The predicted octanol–water partition coefficient (Wildman–Crippen LogP) is 1.84. The first-order valence-electron chi connectivity index (χ1n) is 5.30. The molecule has 0 spiro atoms. The van der Waals surface area contributed by atoms with Gasteiger partial charge in [-0.05, 0) is 28.5 Å². The molecule has 2 heterocycles. The standard InChI is InChI=1S/C12H13N3OS/c16-12(2-1-10-4-6-17-8-10)14-5-3-11-7-13-9-15-11/h1-2,4,6-9H,3,5H2,(H,13,15)(H,14,16). The smallest absolute Gasteiger partial charge is 0.244 e. The second-order valence-electron chi connectivity index (χ2n) is 3.51. The number of amides is 1. The van der Waals surface area contributed by atoms with Gasteiger partial charge in [-0.1, -0.05) is 0 Å². The molecule has 88 valence electrons. The largest absolute Gasteiger partial charge is 0.352 e. The van der Waals surface area contributed by atoms with E-state index in [0.29, 0.717) is 6.54 Å². The summed E-state index contributed by atoms with van der Waals surface area (Å²) in [7, 11) is 0. The number of aromatic amines is 1. The third kappa shape index (κ3) is 3.88. The van der Waals surface area contributed by atoms with Crippen molar-refractivity contribution in [1.29, 1.82) is 0 Å². The Bertz CT molecular complexity index is 474. The Morgan fingerprint density at radius 1 is 1.59 bits per heavy atom. The third-order valence-electron chi connectivity index (χ3n) is 2.22. The minimum absolute atomic E-state index is 0.0734. The minimum Gasteiger partial charge on any atom is -0.352 e. The average molecular weight is 247 g/mol. The molecule has 0 aromatic carbocycles. The van der Waals surface area contributed by atoms with E-state index in [4.69, 9.17) is 0 Å². The van der Waals surface area contributed by atoms with E-state index in [0.717, 1.165) is 17.7 Å². The van der Waals surface area contributed by atoms with Gasteiger partial charge in [0.25, 0.3) is 0 Å².